The fourth-order valence-corrected chi connectivity index (χ4v) is 1.67. The van der Waals surface area contributed by atoms with Gasteiger partial charge in [0, 0.05) is 13.1 Å². The van der Waals surface area contributed by atoms with Gasteiger partial charge in [0.15, 0.2) is 0 Å². The lowest BCUT2D eigenvalue weighted by Crippen LogP contribution is -2.46. The summed E-state index contributed by atoms with van der Waals surface area (Å²) in [5.74, 6) is 0. The molecule has 0 spiro atoms. The maximum absolute atomic E-state index is 9.69. The topological polar surface area (TPSA) is 43.7 Å². The van der Waals surface area contributed by atoms with Crippen molar-refractivity contribution in [3.05, 3.63) is 0 Å². The fourth-order valence-electron chi connectivity index (χ4n) is 1.67. The van der Waals surface area contributed by atoms with Crippen LogP contribution in [0.2, 0.25) is 0 Å². The average Bonchev–Trinajstić information content (AvgIpc) is 2.10. The van der Waals surface area contributed by atoms with E-state index in [9.17, 15) is 5.11 Å². The Morgan fingerprint density at radius 2 is 1.92 bits per heavy atom. The first kappa shape index (κ1) is 9.96. The van der Waals surface area contributed by atoms with Gasteiger partial charge in [0.2, 0.25) is 0 Å². The van der Waals surface area contributed by atoms with Gasteiger partial charge in [-0.3, -0.25) is 0 Å². The summed E-state index contributed by atoms with van der Waals surface area (Å²) in [6, 6.07) is 0. The molecule has 0 unspecified atom stereocenters. The highest BCUT2D eigenvalue weighted by atomic mass is 16.3. The number of piperidine rings is 1. The van der Waals surface area contributed by atoms with E-state index in [2.05, 4.69) is 11.8 Å². The first-order chi connectivity index (χ1) is 5.70. The quantitative estimate of drug-likeness (QED) is 0.641. The maximum atomic E-state index is 9.69. The molecule has 1 aliphatic rings. The largest absolute Gasteiger partial charge is 0.393 e. The van der Waals surface area contributed by atoms with Crippen LogP contribution in [0, 0.1) is 0 Å². The van der Waals surface area contributed by atoms with Crippen LogP contribution < -0.4 is 0 Å². The SMILES string of the molecule is CCCN1CCC(O)(CO)CC1. The van der Waals surface area contributed by atoms with E-state index < -0.39 is 5.60 Å². The van der Waals surface area contributed by atoms with Crippen molar-refractivity contribution in [3.63, 3.8) is 0 Å². The van der Waals surface area contributed by atoms with Crippen LogP contribution in [0.4, 0.5) is 0 Å². The van der Waals surface area contributed by atoms with Crippen LogP contribution in [-0.2, 0) is 0 Å². The van der Waals surface area contributed by atoms with E-state index in [1.165, 1.54) is 0 Å². The number of nitrogens with zero attached hydrogens (tertiary/aromatic N) is 1. The van der Waals surface area contributed by atoms with Gasteiger partial charge in [-0.2, -0.15) is 0 Å². The number of likely N-dealkylation sites (tertiary alicyclic amines) is 1. The molecule has 0 bridgehead atoms. The second-order valence-corrected chi connectivity index (χ2v) is 3.72. The van der Waals surface area contributed by atoms with Crippen LogP contribution in [0.25, 0.3) is 0 Å². The average molecular weight is 173 g/mol. The molecule has 12 heavy (non-hydrogen) atoms. The molecular weight excluding hydrogens is 154 g/mol. The Hall–Kier alpha value is -0.120. The van der Waals surface area contributed by atoms with Gasteiger partial charge in [-0.25, -0.2) is 0 Å². The lowest BCUT2D eigenvalue weighted by atomic mass is 9.92. The van der Waals surface area contributed by atoms with Crippen LogP contribution >= 0.6 is 0 Å². The standard InChI is InChI=1S/C9H19NO2/c1-2-5-10-6-3-9(12,8-11)4-7-10/h11-12H,2-8H2,1H3. The molecule has 1 rings (SSSR count). The number of hydrogen-bond acceptors (Lipinski definition) is 3. The summed E-state index contributed by atoms with van der Waals surface area (Å²) in [5.41, 5.74) is -0.787. The molecule has 0 radical (unpaired) electrons. The van der Waals surface area contributed by atoms with Crippen molar-refractivity contribution in [2.45, 2.75) is 31.8 Å². The summed E-state index contributed by atoms with van der Waals surface area (Å²) in [4.78, 5) is 2.34. The van der Waals surface area contributed by atoms with Crippen LogP contribution in [0.15, 0.2) is 0 Å². The zero-order valence-corrected chi connectivity index (χ0v) is 7.79. The Labute approximate surface area is 74.0 Å². The molecule has 0 aromatic carbocycles. The van der Waals surface area contributed by atoms with Gasteiger partial charge in [0.25, 0.3) is 0 Å². The maximum Gasteiger partial charge on any atom is 0.0901 e. The summed E-state index contributed by atoms with van der Waals surface area (Å²) >= 11 is 0. The molecule has 0 atom stereocenters. The fraction of sp³-hybridized carbons (Fsp3) is 1.00. The van der Waals surface area contributed by atoms with Crippen LogP contribution in [0.5, 0.6) is 0 Å². The van der Waals surface area contributed by atoms with Crippen LogP contribution in [-0.4, -0.2) is 47.0 Å². The van der Waals surface area contributed by atoms with Crippen molar-refractivity contribution >= 4 is 0 Å². The van der Waals surface area contributed by atoms with Crippen LogP contribution in [0.3, 0.4) is 0 Å². The molecule has 72 valence electrons. The lowest BCUT2D eigenvalue weighted by Gasteiger charge is -2.36. The minimum Gasteiger partial charge on any atom is -0.393 e. The van der Waals surface area contributed by atoms with Gasteiger partial charge >= 0.3 is 0 Å². The van der Waals surface area contributed by atoms with Crippen molar-refractivity contribution in [1.29, 1.82) is 0 Å². The highest BCUT2D eigenvalue weighted by molar-refractivity contribution is 4.84. The summed E-state index contributed by atoms with van der Waals surface area (Å²) in [5, 5.41) is 18.6. The van der Waals surface area contributed by atoms with Gasteiger partial charge in [-0.1, -0.05) is 6.92 Å². The normalized spacial score (nSPS) is 24.2. The molecular formula is C9H19NO2. The molecule has 0 aliphatic carbocycles. The smallest absolute Gasteiger partial charge is 0.0901 e. The number of hydrogen-bond donors (Lipinski definition) is 2. The van der Waals surface area contributed by atoms with E-state index in [1.807, 2.05) is 0 Å². The van der Waals surface area contributed by atoms with Crippen molar-refractivity contribution in [3.8, 4) is 0 Å². The Bertz CT molecular complexity index is 130. The third-order valence-corrected chi connectivity index (χ3v) is 2.62. The number of rotatable bonds is 3. The second kappa shape index (κ2) is 4.21. The van der Waals surface area contributed by atoms with Crippen LogP contribution in [0.1, 0.15) is 26.2 Å². The van der Waals surface area contributed by atoms with E-state index in [0.29, 0.717) is 12.8 Å². The van der Waals surface area contributed by atoms with Gasteiger partial charge < -0.3 is 15.1 Å². The second-order valence-electron chi connectivity index (χ2n) is 3.72. The van der Waals surface area contributed by atoms with Crippen molar-refractivity contribution in [2.24, 2.45) is 0 Å². The van der Waals surface area contributed by atoms with Gasteiger partial charge in [-0.15, -0.1) is 0 Å². The summed E-state index contributed by atoms with van der Waals surface area (Å²) in [6.07, 6.45) is 2.59. The van der Waals surface area contributed by atoms with E-state index in [0.717, 1.165) is 26.1 Å². The highest BCUT2D eigenvalue weighted by Crippen LogP contribution is 2.21. The molecule has 3 heteroatoms. The Balaban J connectivity index is 2.29. The van der Waals surface area contributed by atoms with Gasteiger partial charge in [0.05, 0.1) is 12.2 Å². The van der Waals surface area contributed by atoms with Gasteiger partial charge in [0.1, 0.15) is 0 Å². The van der Waals surface area contributed by atoms with Crippen molar-refractivity contribution in [2.75, 3.05) is 26.2 Å². The highest BCUT2D eigenvalue weighted by Gasteiger charge is 2.30. The molecule has 1 fully saturated rings. The molecule has 1 saturated heterocycles. The summed E-state index contributed by atoms with van der Waals surface area (Å²) < 4.78 is 0. The molecule has 1 aliphatic heterocycles. The number of aliphatic hydroxyl groups excluding tert-OH is 1. The molecule has 0 saturated carbocycles. The molecule has 0 amide bonds. The lowest BCUT2D eigenvalue weighted by molar-refractivity contribution is -0.0592. The zero-order chi connectivity index (χ0) is 9.03. The van der Waals surface area contributed by atoms with E-state index in [-0.39, 0.29) is 6.61 Å². The van der Waals surface area contributed by atoms with Crippen molar-refractivity contribution < 1.29 is 10.2 Å². The first-order valence-electron chi connectivity index (χ1n) is 4.76. The van der Waals surface area contributed by atoms with E-state index >= 15 is 0 Å². The molecule has 1 heterocycles. The number of aliphatic hydroxyl groups is 2. The third-order valence-electron chi connectivity index (χ3n) is 2.62. The molecule has 0 aromatic rings. The third kappa shape index (κ3) is 2.44. The summed E-state index contributed by atoms with van der Waals surface area (Å²) in [6.45, 7) is 5.02. The Morgan fingerprint density at radius 1 is 1.33 bits per heavy atom. The molecule has 0 aromatic heterocycles. The van der Waals surface area contributed by atoms with Gasteiger partial charge in [-0.05, 0) is 25.8 Å². The minimum absolute atomic E-state index is 0.0903. The predicted octanol–water partition coefficient (Wildman–Crippen LogP) is 0.216. The minimum atomic E-state index is -0.787. The van der Waals surface area contributed by atoms with E-state index in [4.69, 9.17) is 5.11 Å². The zero-order valence-electron chi connectivity index (χ0n) is 7.79. The summed E-state index contributed by atoms with van der Waals surface area (Å²) in [7, 11) is 0. The first-order valence-corrected chi connectivity index (χ1v) is 4.76. The monoisotopic (exact) mass is 173 g/mol. The van der Waals surface area contributed by atoms with E-state index in [1.54, 1.807) is 0 Å². The van der Waals surface area contributed by atoms with Crippen molar-refractivity contribution in [1.82, 2.24) is 4.90 Å². The Morgan fingerprint density at radius 3 is 2.33 bits per heavy atom. The Kier molecular flexibility index (Phi) is 3.50. The predicted molar refractivity (Wildman–Crippen MR) is 48.0 cm³/mol. The molecule has 2 N–H and O–H groups in total. The molecule has 3 nitrogen and oxygen atoms in total.